The first-order valence-corrected chi connectivity index (χ1v) is 10.6. The van der Waals surface area contributed by atoms with Crippen LogP contribution in [0.4, 0.5) is 0 Å². The fraction of sp³-hybridized carbons (Fsp3) is 0.136. The molecule has 0 aliphatic carbocycles. The van der Waals surface area contributed by atoms with Crippen molar-refractivity contribution >= 4 is 17.9 Å². The molecule has 0 fully saturated rings. The van der Waals surface area contributed by atoms with Crippen molar-refractivity contribution in [3.05, 3.63) is 95.8 Å². The molecule has 1 atom stereocenters. The first-order valence-electron chi connectivity index (χ1n) is 8.85. The number of nitrogens with one attached hydrogen (secondary N) is 1. The predicted molar refractivity (Wildman–Crippen MR) is 109 cm³/mol. The zero-order valence-corrected chi connectivity index (χ0v) is 16.2. The molecule has 0 radical (unpaired) electrons. The molecule has 5 nitrogen and oxygen atoms in total. The van der Waals surface area contributed by atoms with E-state index in [1.165, 1.54) is 0 Å². The molecule has 1 aliphatic heterocycles. The van der Waals surface area contributed by atoms with E-state index in [0.717, 1.165) is 0 Å². The minimum Gasteiger partial charge on any atom is -0.454 e. The Morgan fingerprint density at radius 1 is 0.929 bits per heavy atom. The van der Waals surface area contributed by atoms with Gasteiger partial charge in [-0.2, -0.15) is 5.09 Å². The normalized spacial score (nSPS) is 14.9. The Hall–Kier alpha value is -3.06. The summed E-state index contributed by atoms with van der Waals surface area (Å²) in [5, 5.41) is 4.50. The molecule has 0 bridgehead atoms. The molecule has 0 unspecified atom stereocenters. The van der Waals surface area contributed by atoms with Crippen molar-refractivity contribution in [2.45, 2.75) is 12.6 Å². The van der Waals surface area contributed by atoms with Crippen molar-refractivity contribution in [2.75, 3.05) is 6.79 Å². The number of benzene rings is 3. The molecule has 6 heteroatoms. The second-order valence-corrected chi connectivity index (χ2v) is 9.12. The number of fused-ring (bicyclic) bond motifs is 1. The molecule has 1 heterocycles. The third-order valence-electron chi connectivity index (χ3n) is 4.77. The molecule has 1 aliphatic rings. The Labute approximate surface area is 164 Å². The number of rotatable bonds is 5. The summed E-state index contributed by atoms with van der Waals surface area (Å²) in [6.45, 7) is 9.76. The smallest absolute Gasteiger partial charge is 0.315 e. The number of hydrogen-bond acceptors (Lipinski definition) is 3. The molecule has 0 saturated carbocycles. The van der Waals surface area contributed by atoms with Gasteiger partial charge in [0.2, 0.25) is 14.1 Å². The fourth-order valence-electron chi connectivity index (χ4n) is 3.21. The Morgan fingerprint density at radius 3 is 2.07 bits per heavy atom. The summed E-state index contributed by atoms with van der Waals surface area (Å²) >= 11 is 0. The van der Waals surface area contributed by atoms with Crippen LogP contribution in [0.25, 0.3) is 4.85 Å². The molecular weight excluding hydrogens is 371 g/mol. The van der Waals surface area contributed by atoms with Crippen molar-refractivity contribution in [1.29, 1.82) is 0 Å². The summed E-state index contributed by atoms with van der Waals surface area (Å²) in [5.74, 6) is 1.23. The Kier molecular flexibility index (Phi) is 4.68. The van der Waals surface area contributed by atoms with Gasteiger partial charge in [0.25, 0.3) is 0 Å². The highest BCUT2D eigenvalue weighted by atomic mass is 31.2. The first kappa shape index (κ1) is 18.3. The van der Waals surface area contributed by atoms with Crippen LogP contribution in [0.3, 0.4) is 0 Å². The molecule has 3 aromatic carbocycles. The third kappa shape index (κ3) is 3.18. The SMILES string of the molecule is [C-]#[N+][C@](C)(NP(=O)(c1ccccc1)c1ccccc1)c1ccc2c(c1)OCO2. The Morgan fingerprint density at radius 2 is 1.50 bits per heavy atom. The van der Waals surface area contributed by atoms with Gasteiger partial charge < -0.3 is 9.47 Å². The zero-order chi connectivity index (χ0) is 19.6. The first-order chi connectivity index (χ1) is 13.5. The van der Waals surface area contributed by atoms with Crippen LogP contribution >= 0.6 is 7.29 Å². The molecule has 28 heavy (non-hydrogen) atoms. The maximum absolute atomic E-state index is 14.3. The van der Waals surface area contributed by atoms with Gasteiger partial charge in [0.1, 0.15) is 0 Å². The number of ether oxygens (including phenoxy) is 2. The number of nitrogens with zero attached hydrogens (tertiary/aromatic N) is 1. The molecule has 3 aromatic rings. The van der Waals surface area contributed by atoms with E-state index in [9.17, 15) is 4.57 Å². The average Bonchev–Trinajstić information content (AvgIpc) is 3.23. The summed E-state index contributed by atoms with van der Waals surface area (Å²) in [4.78, 5) is 3.82. The van der Waals surface area contributed by atoms with Gasteiger partial charge in [0.15, 0.2) is 11.5 Å². The standard InChI is InChI=1S/C22H19N2O3P/c1-22(23-2,17-13-14-20-21(15-17)27-16-26-20)24-28(25,18-9-5-3-6-10-18)19-11-7-4-8-12-19/h3-15H,16H2,1H3,(H,24,25)/t22-/m1/s1. The van der Waals surface area contributed by atoms with Gasteiger partial charge in [-0.25, -0.2) is 6.57 Å². The van der Waals surface area contributed by atoms with E-state index in [4.69, 9.17) is 16.0 Å². The van der Waals surface area contributed by atoms with Crippen molar-refractivity contribution in [2.24, 2.45) is 0 Å². The van der Waals surface area contributed by atoms with Crippen LogP contribution in [0.2, 0.25) is 0 Å². The van der Waals surface area contributed by atoms with Gasteiger partial charge in [0, 0.05) is 17.5 Å². The van der Waals surface area contributed by atoms with Crippen molar-refractivity contribution in [3.8, 4) is 11.5 Å². The van der Waals surface area contributed by atoms with Crippen LogP contribution in [0.1, 0.15) is 12.5 Å². The Balaban J connectivity index is 1.81. The van der Waals surface area contributed by atoms with Crippen molar-refractivity contribution < 1.29 is 14.0 Å². The third-order valence-corrected chi connectivity index (χ3v) is 7.57. The maximum atomic E-state index is 14.3. The van der Waals surface area contributed by atoms with E-state index in [2.05, 4.69) is 9.93 Å². The van der Waals surface area contributed by atoms with Gasteiger partial charge in [0.05, 0.1) is 5.56 Å². The fourth-order valence-corrected chi connectivity index (χ4v) is 5.75. The summed E-state index contributed by atoms with van der Waals surface area (Å²) in [6.07, 6.45) is 0. The van der Waals surface area contributed by atoms with Crippen LogP contribution in [0.15, 0.2) is 78.9 Å². The molecular formula is C22H19N2O3P. The molecule has 4 rings (SSSR count). The van der Waals surface area contributed by atoms with Crippen molar-refractivity contribution in [1.82, 2.24) is 5.09 Å². The van der Waals surface area contributed by atoms with E-state index < -0.39 is 13.0 Å². The Bertz CT molecular complexity index is 1040. The van der Waals surface area contributed by atoms with Crippen molar-refractivity contribution in [3.63, 3.8) is 0 Å². The average molecular weight is 390 g/mol. The topological polar surface area (TPSA) is 51.9 Å². The lowest BCUT2D eigenvalue weighted by Gasteiger charge is -2.27. The van der Waals surface area contributed by atoms with E-state index in [0.29, 0.717) is 27.7 Å². The molecule has 0 spiro atoms. The summed E-state index contributed by atoms with van der Waals surface area (Å²) in [6, 6.07) is 23.8. The van der Waals surface area contributed by atoms with Gasteiger partial charge in [-0.15, -0.1) is 0 Å². The highest BCUT2D eigenvalue weighted by Crippen LogP contribution is 2.45. The van der Waals surface area contributed by atoms with Crippen LogP contribution in [0, 0.1) is 6.57 Å². The summed E-state index contributed by atoms with van der Waals surface area (Å²) < 4.78 is 25.1. The molecule has 1 N–H and O–H groups in total. The lowest BCUT2D eigenvalue weighted by molar-refractivity contribution is 0.174. The maximum Gasteiger partial charge on any atom is 0.315 e. The monoisotopic (exact) mass is 390 g/mol. The van der Waals surface area contributed by atoms with Crippen LogP contribution in [-0.2, 0) is 10.2 Å². The van der Waals surface area contributed by atoms with Crippen LogP contribution < -0.4 is 25.2 Å². The minimum atomic E-state index is -3.28. The number of hydrogen-bond donors (Lipinski definition) is 1. The van der Waals surface area contributed by atoms with Crippen LogP contribution in [0.5, 0.6) is 11.5 Å². The van der Waals surface area contributed by atoms with Gasteiger partial charge in [-0.3, -0.25) is 9.41 Å². The van der Waals surface area contributed by atoms with E-state index >= 15 is 0 Å². The van der Waals surface area contributed by atoms with Gasteiger partial charge in [-0.1, -0.05) is 36.4 Å². The van der Waals surface area contributed by atoms with Crippen LogP contribution in [-0.4, -0.2) is 6.79 Å². The predicted octanol–water partition coefficient (Wildman–Crippen LogP) is 4.03. The van der Waals surface area contributed by atoms with E-state index in [1.54, 1.807) is 25.1 Å². The highest BCUT2D eigenvalue weighted by Gasteiger charge is 2.43. The van der Waals surface area contributed by atoms with Gasteiger partial charge >= 0.3 is 5.66 Å². The van der Waals surface area contributed by atoms with E-state index in [-0.39, 0.29) is 6.79 Å². The van der Waals surface area contributed by atoms with E-state index in [1.807, 2.05) is 60.7 Å². The lowest BCUT2D eigenvalue weighted by atomic mass is 10.0. The second kappa shape index (κ2) is 7.16. The quantitative estimate of drug-likeness (QED) is 0.528. The summed E-state index contributed by atoms with van der Waals surface area (Å²) in [7, 11) is -3.28. The minimum absolute atomic E-state index is 0.160. The molecule has 0 amide bonds. The second-order valence-electron chi connectivity index (χ2n) is 6.64. The summed E-state index contributed by atoms with van der Waals surface area (Å²) in [5.41, 5.74) is -0.554. The molecule has 0 saturated heterocycles. The zero-order valence-electron chi connectivity index (χ0n) is 15.3. The van der Waals surface area contributed by atoms with Gasteiger partial charge in [-0.05, 0) is 42.5 Å². The molecule has 0 aromatic heterocycles. The lowest BCUT2D eigenvalue weighted by Crippen LogP contribution is -2.40. The molecule has 140 valence electrons. The largest absolute Gasteiger partial charge is 0.454 e. The highest BCUT2D eigenvalue weighted by molar-refractivity contribution is 7.77.